The lowest BCUT2D eigenvalue weighted by molar-refractivity contribution is 0.414. The van der Waals surface area contributed by atoms with Crippen molar-refractivity contribution in [2.24, 2.45) is 0 Å². The van der Waals surface area contributed by atoms with E-state index in [0.717, 1.165) is 5.56 Å². The molecule has 1 aromatic heterocycles. The van der Waals surface area contributed by atoms with Gasteiger partial charge in [0, 0.05) is 0 Å². The van der Waals surface area contributed by atoms with Gasteiger partial charge >= 0.3 is 0 Å². The van der Waals surface area contributed by atoms with Crippen LogP contribution >= 0.6 is 0 Å². The second-order valence-corrected chi connectivity index (χ2v) is 7.27. The number of nitrogens with zero attached hydrogens (tertiary/aromatic N) is 3. The molecular weight excluding hydrogens is 326 g/mol. The highest BCUT2D eigenvalue weighted by Gasteiger charge is 2.25. The van der Waals surface area contributed by atoms with Gasteiger partial charge in [-0.05, 0) is 50.2 Å². The molecule has 0 saturated heterocycles. The van der Waals surface area contributed by atoms with Crippen LogP contribution in [0.4, 0.5) is 0 Å². The summed E-state index contributed by atoms with van der Waals surface area (Å²) < 4.78 is 32.2. The molecule has 2 aromatic carbocycles. The van der Waals surface area contributed by atoms with Gasteiger partial charge in [0.15, 0.2) is 0 Å². The highest BCUT2D eigenvalue weighted by Crippen LogP contribution is 2.24. The van der Waals surface area contributed by atoms with Crippen molar-refractivity contribution in [2.45, 2.75) is 23.8 Å². The molecule has 3 aromatic rings. The maximum Gasteiger partial charge on any atom is 0.227 e. The standard InChI is InChI=1S/C17H17N3O3S/c1-12-4-10-16(11-5-12)24(21,22)17-13(2)20(19-18-17)14-6-8-15(23-3)9-7-14/h4-11H,1-3H3. The maximum atomic E-state index is 12.8. The zero-order valence-corrected chi connectivity index (χ0v) is 14.4. The van der Waals surface area contributed by atoms with E-state index in [2.05, 4.69) is 10.3 Å². The lowest BCUT2D eigenvalue weighted by atomic mass is 10.2. The van der Waals surface area contributed by atoms with Gasteiger partial charge in [0.05, 0.1) is 23.4 Å². The number of aromatic nitrogens is 3. The Morgan fingerprint density at radius 1 is 0.958 bits per heavy atom. The molecule has 1 heterocycles. The molecule has 124 valence electrons. The fourth-order valence-electron chi connectivity index (χ4n) is 2.36. The van der Waals surface area contributed by atoms with Crippen molar-refractivity contribution in [3.05, 3.63) is 59.8 Å². The Labute approximate surface area is 140 Å². The van der Waals surface area contributed by atoms with Gasteiger partial charge in [0.1, 0.15) is 5.75 Å². The molecule has 24 heavy (non-hydrogen) atoms. The van der Waals surface area contributed by atoms with Crippen molar-refractivity contribution < 1.29 is 13.2 Å². The van der Waals surface area contributed by atoms with E-state index in [0.29, 0.717) is 17.1 Å². The summed E-state index contributed by atoms with van der Waals surface area (Å²) in [6, 6.07) is 13.8. The number of rotatable bonds is 4. The number of hydrogen-bond acceptors (Lipinski definition) is 5. The van der Waals surface area contributed by atoms with E-state index in [9.17, 15) is 8.42 Å². The van der Waals surface area contributed by atoms with Crippen molar-refractivity contribution in [3.8, 4) is 11.4 Å². The summed E-state index contributed by atoms with van der Waals surface area (Å²) >= 11 is 0. The second-order valence-electron chi connectivity index (χ2n) is 5.41. The van der Waals surface area contributed by atoms with E-state index >= 15 is 0 Å². The van der Waals surface area contributed by atoms with Gasteiger partial charge in [-0.2, -0.15) is 0 Å². The smallest absolute Gasteiger partial charge is 0.227 e. The highest BCUT2D eigenvalue weighted by atomic mass is 32.2. The molecular formula is C17H17N3O3S. The average molecular weight is 343 g/mol. The third kappa shape index (κ3) is 2.78. The Morgan fingerprint density at radius 2 is 1.58 bits per heavy atom. The lowest BCUT2D eigenvalue weighted by Gasteiger charge is -2.06. The predicted octanol–water partition coefficient (Wildman–Crippen LogP) is 2.73. The Morgan fingerprint density at radius 3 is 2.17 bits per heavy atom. The Balaban J connectivity index is 2.04. The van der Waals surface area contributed by atoms with E-state index in [1.54, 1.807) is 62.6 Å². The van der Waals surface area contributed by atoms with Crippen LogP contribution in [0.1, 0.15) is 11.3 Å². The Hall–Kier alpha value is -2.67. The molecule has 0 amide bonds. The highest BCUT2D eigenvalue weighted by molar-refractivity contribution is 7.91. The summed E-state index contributed by atoms with van der Waals surface area (Å²) in [5.41, 5.74) is 2.17. The van der Waals surface area contributed by atoms with Crippen LogP contribution in [-0.2, 0) is 9.84 Å². The first-order valence-corrected chi connectivity index (χ1v) is 8.80. The van der Waals surface area contributed by atoms with Crippen molar-refractivity contribution in [1.29, 1.82) is 0 Å². The topological polar surface area (TPSA) is 74.1 Å². The molecule has 0 radical (unpaired) electrons. The van der Waals surface area contributed by atoms with Gasteiger partial charge in [-0.3, -0.25) is 0 Å². The number of sulfone groups is 1. The minimum Gasteiger partial charge on any atom is -0.497 e. The molecule has 0 aliphatic carbocycles. The molecule has 6 nitrogen and oxygen atoms in total. The second kappa shape index (κ2) is 6.09. The lowest BCUT2D eigenvalue weighted by Crippen LogP contribution is -2.05. The van der Waals surface area contributed by atoms with E-state index in [1.165, 1.54) is 4.68 Å². The minimum atomic E-state index is -3.71. The van der Waals surface area contributed by atoms with E-state index in [-0.39, 0.29) is 9.92 Å². The number of methoxy groups -OCH3 is 1. The molecule has 0 unspecified atom stereocenters. The molecule has 0 aliphatic rings. The van der Waals surface area contributed by atoms with Gasteiger partial charge in [-0.25, -0.2) is 13.1 Å². The van der Waals surface area contributed by atoms with Crippen LogP contribution < -0.4 is 4.74 Å². The molecule has 0 saturated carbocycles. The predicted molar refractivity (Wildman–Crippen MR) is 89.3 cm³/mol. The van der Waals surface area contributed by atoms with Crippen LogP contribution in [0.3, 0.4) is 0 Å². The van der Waals surface area contributed by atoms with E-state index < -0.39 is 9.84 Å². The minimum absolute atomic E-state index is 0.0397. The molecule has 0 fully saturated rings. The molecule has 0 N–H and O–H groups in total. The van der Waals surface area contributed by atoms with Crippen molar-refractivity contribution in [2.75, 3.05) is 7.11 Å². The van der Waals surface area contributed by atoms with Gasteiger partial charge in [0.2, 0.25) is 14.9 Å². The first kappa shape index (κ1) is 16.2. The van der Waals surface area contributed by atoms with Gasteiger partial charge in [-0.1, -0.05) is 22.9 Å². The zero-order chi connectivity index (χ0) is 17.3. The molecule has 0 atom stereocenters. The van der Waals surface area contributed by atoms with Crippen LogP contribution in [0.15, 0.2) is 58.5 Å². The maximum absolute atomic E-state index is 12.8. The summed E-state index contributed by atoms with van der Waals surface area (Å²) in [6.07, 6.45) is 0. The summed E-state index contributed by atoms with van der Waals surface area (Å²) in [7, 11) is -2.12. The number of ether oxygens (including phenoxy) is 1. The van der Waals surface area contributed by atoms with Gasteiger partial charge in [-0.15, -0.1) is 5.10 Å². The van der Waals surface area contributed by atoms with E-state index in [1.807, 2.05) is 6.92 Å². The third-order valence-corrected chi connectivity index (χ3v) is 5.53. The van der Waals surface area contributed by atoms with E-state index in [4.69, 9.17) is 4.74 Å². The fraction of sp³-hybridized carbons (Fsp3) is 0.176. The molecule has 7 heteroatoms. The zero-order valence-electron chi connectivity index (χ0n) is 13.6. The summed E-state index contributed by atoms with van der Waals surface area (Å²) in [5, 5.41) is 7.86. The quantitative estimate of drug-likeness (QED) is 0.728. The van der Waals surface area contributed by atoms with Crippen LogP contribution in [0.5, 0.6) is 5.75 Å². The van der Waals surface area contributed by atoms with Crippen molar-refractivity contribution in [1.82, 2.24) is 15.0 Å². The molecule has 0 bridgehead atoms. The summed E-state index contributed by atoms with van der Waals surface area (Å²) in [4.78, 5) is 0.206. The van der Waals surface area contributed by atoms with Gasteiger partial charge < -0.3 is 4.74 Å². The van der Waals surface area contributed by atoms with Crippen molar-refractivity contribution >= 4 is 9.84 Å². The first-order chi connectivity index (χ1) is 11.4. The average Bonchev–Trinajstić information content (AvgIpc) is 2.97. The summed E-state index contributed by atoms with van der Waals surface area (Å²) in [6.45, 7) is 3.59. The number of benzene rings is 2. The largest absolute Gasteiger partial charge is 0.497 e. The van der Waals surface area contributed by atoms with Crippen LogP contribution in [0, 0.1) is 13.8 Å². The number of hydrogen-bond donors (Lipinski definition) is 0. The van der Waals surface area contributed by atoms with Crippen LogP contribution in [0.25, 0.3) is 5.69 Å². The number of aryl methyl sites for hydroxylation is 1. The summed E-state index contributed by atoms with van der Waals surface area (Å²) in [5.74, 6) is 0.712. The molecule has 0 aliphatic heterocycles. The van der Waals surface area contributed by atoms with Crippen LogP contribution in [-0.4, -0.2) is 30.5 Å². The third-order valence-electron chi connectivity index (χ3n) is 3.76. The Bertz CT molecular complexity index is 959. The first-order valence-electron chi connectivity index (χ1n) is 7.32. The Kier molecular flexibility index (Phi) is 4.11. The van der Waals surface area contributed by atoms with Gasteiger partial charge in [0.25, 0.3) is 0 Å². The molecule has 3 rings (SSSR count). The monoisotopic (exact) mass is 343 g/mol. The molecule has 0 spiro atoms. The normalized spacial score (nSPS) is 11.5. The van der Waals surface area contributed by atoms with Crippen molar-refractivity contribution in [3.63, 3.8) is 0 Å². The SMILES string of the molecule is COc1ccc(-n2nnc(S(=O)(=O)c3ccc(C)cc3)c2C)cc1. The van der Waals surface area contributed by atoms with Crippen LogP contribution in [0.2, 0.25) is 0 Å². The fourth-order valence-corrected chi connectivity index (χ4v) is 3.70.